The second-order valence-electron chi connectivity index (χ2n) is 5.56. The number of amides is 2. The topological polar surface area (TPSA) is 59.1 Å². The van der Waals surface area contributed by atoms with Gasteiger partial charge >= 0.3 is 0 Å². The molecule has 1 aliphatic heterocycles. The van der Waals surface area contributed by atoms with E-state index in [2.05, 4.69) is 22.4 Å². The fraction of sp³-hybridized carbons (Fsp3) is 0.278. The highest BCUT2D eigenvalue weighted by molar-refractivity contribution is 6.21. The zero-order valence-corrected chi connectivity index (χ0v) is 12.3. The lowest BCUT2D eigenvalue weighted by Gasteiger charge is -2.05. The second-order valence-corrected chi connectivity index (χ2v) is 5.56. The molecule has 0 atom stereocenters. The van der Waals surface area contributed by atoms with Crippen LogP contribution in [0, 0.1) is 0 Å². The highest BCUT2D eigenvalue weighted by Crippen LogP contribution is 2.32. The zero-order valence-electron chi connectivity index (χ0n) is 12.3. The maximum atomic E-state index is 10.9. The van der Waals surface area contributed by atoms with Crippen molar-refractivity contribution >= 4 is 11.8 Å². The molecule has 1 fully saturated rings. The smallest absolute Gasteiger partial charge is 0.258 e. The second kappa shape index (κ2) is 6.52. The van der Waals surface area contributed by atoms with Crippen molar-refractivity contribution in [1.29, 1.82) is 0 Å². The van der Waals surface area contributed by atoms with Crippen LogP contribution in [-0.2, 0) is 0 Å². The van der Waals surface area contributed by atoms with Gasteiger partial charge in [0.15, 0.2) is 0 Å². The number of rotatable bonds is 1. The molecule has 1 aliphatic carbocycles. The lowest BCUT2D eigenvalue weighted by Crippen LogP contribution is -2.19. The molecule has 112 valence electrons. The summed E-state index contributed by atoms with van der Waals surface area (Å²) in [6, 6.07) is 13.0. The summed E-state index contributed by atoms with van der Waals surface area (Å²) >= 11 is 0. The fourth-order valence-electron chi connectivity index (χ4n) is 2.96. The number of hydrogen-bond donors (Lipinski definition) is 1. The molecule has 4 rings (SSSR count). The van der Waals surface area contributed by atoms with E-state index in [0.717, 1.165) is 5.92 Å². The molecule has 1 aromatic heterocycles. The summed E-state index contributed by atoms with van der Waals surface area (Å²) in [6.07, 6.45) is 7.37. The first-order valence-electron chi connectivity index (χ1n) is 7.61. The molecule has 2 heterocycles. The van der Waals surface area contributed by atoms with Crippen LogP contribution >= 0.6 is 0 Å². The summed E-state index contributed by atoms with van der Waals surface area (Å²) in [6.45, 7) is 0. The third-order valence-electron chi connectivity index (χ3n) is 4.10. The first kappa shape index (κ1) is 14.4. The van der Waals surface area contributed by atoms with Gasteiger partial charge in [-0.05, 0) is 37.1 Å². The van der Waals surface area contributed by atoms with Gasteiger partial charge in [-0.2, -0.15) is 0 Å². The molecular weight excluding hydrogens is 276 g/mol. The molecule has 1 N–H and O–H groups in total. The van der Waals surface area contributed by atoms with Crippen LogP contribution in [0.25, 0.3) is 0 Å². The van der Waals surface area contributed by atoms with E-state index in [-0.39, 0.29) is 11.8 Å². The maximum absolute atomic E-state index is 10.9. The zero-order chi connectivity index (χ0) is 15.4. The number of nitrogens with zero attached hydrogens (tertiary/aromatic N) is 1. The van der Waals surface area contributed by atoms with Crippen LogP contribution in [0.4, 0.5) is 0 Å². The Balaban J connectivity index is 0.000000131. The highest BCUT2D eigenvalue weighted by atomic mass is 16.2. The third kappa shape index (κ3) is 3.06. The molecule has 2 aromatic rings. The third-order valence-corrected chi connectivity index (χ3v) is 4.10. The molecule has 1 aromatic carbocycles. The van der Waals surface area contributed by atoms with Crippen molar-refractivity contribution in [2.24, 2.45) is 0 Å². The van der Waals surface area contributed by atoms with E-state index in [1.807, 2.05) is 12.3 Å². The predicted molar refractivity (Wildman–Crippen MR) is 83.7 cm³/mol. The Morgan fingerprint density at radius 1 is 0.864 bits per heavy atom. The lowest BCUT2D eigenvalue weighted by atomic mass is 10.0. The van der Waals surface area contributed by atoms with Crippen LogP contribution in [0.5, 0.6) is 0 Å². The largest absolute Gasteiger partial charge is 0.288 e. The molecule has 2 amide bonds. The summed E-state index contributed by atoms with van der Waals surface area (Å²) in [5.41, 5.74) is 2.24. The summed E-state index contributed by atoms with van der Waals surface area (Å²) < 4.78 is 0. The quantitative estimate of drug-likeness (QED) is 0.821. The summed E-state index contributed by atoms with van der Waals surface area (Å²) in [5.74, 6) is 0.160. The van der Waals surface area contributed by atoms with E-state index in [9.17, 15) is 9.59 Å². The van der Waals surface area contributed by atoms with Gasteiger partial charge in [0, 0.05) is 17.8 Å². The minimum atomic E-state index is -0.300. The van der Waals surface area contributed by atoms with E-state index in [0.29, 0.717) is 11.1 Å². The van der Waals surface area contributed by atoms with Gasteiger partial charge in [-0.25, -0.2) is 0 Å². The Morgan fingerprint density at radius 2 is 1.45 bits per heavy atom. The van der Waals surface area contributed by atoms with Crippen LogP contribution in [0.2, 0.25) is 0 Å². The Bertz CT molecular complexity index is 643. The molecule has 0 bridgehead atoms. The molecule has 0 radical (unpaired) electrons. The van der Waals surface area contributed by atoms with Gasteiger partial charge < -0.3 is 0 Å². The molecule has 0 unspecified atom stereocenters. The number of pyridine rings is 1. The maximum Gasteiger partial charge on any atom is 0.258 e. The van der Waals surface area contributed by atoms with Crippen molar-refractivity contribution in [2.75, 3.05) is 0 Å². The SMILES string of the molecule is O=C1NC(=O)c2ccccc21.c1ccc(C2CCCC2)nc1. The Morgan fingerprint density at radius 3 is 2.00 bits per heavy atom. The number of imide groups is 1. The van der Waals surface area contributed by atoms with Gasteiger partial charge in [-0.1, -0.05) is 31.0 Å². The summed E-state index contributed by atoms with van der Waals surface area (Å²) in [7, 11) is 0. The van der Waals surface area contributed by atoms with Gasteiger partial charge in [0.25, 0.3) is 11.8 Å². The molecule has 4 nitrogen and oxygen atoms in total. The lowest BCUT2D eigenvalue weighted by molar-refractivity contribution is 0.0879. The Hall–Kier alpha value is -2.49. The van der Waals surface area contributed by atoms with E-state index < -0.39 is 0 Å². The van der Waals surface area contributed by atoms with E-state index in [1.54, 1.807) is 24.3 Å². The number of benzene rings is 1. The molecule has 22 heavy (non-hydrogen) atoms. The average Bonchev–Trinajstić information content (AvgIpc) is 3.19. The summed E-state index contributed by atoms with van der Waals surface area (Å²) in [5, 5.41) is 2.20. The fourth-order valence-corrected chi connectivity index (χ4v) is 2.96. The number of fused-ring (bicyclic) bond motifs is 1. The van der Waals surface area contributed by atoms with Crippen molar-refractivity contribution < 1.29 is 9.59 Å². The van der Waals surface area contributed by atoms with Gasteiger partial charge in [0.2, 0.25) is 0 Å². The van der Waals surface area contributed by atoms with Gasteiger partial charge in [0.05, 0.1) is 11.1 Å². The highest BCUT2D eigenvalue weighted by Gasteiger charge is 2.25. The Labute approximate surface area is 129 Å². The molecule has 1 saturated carbocycles. The number of nitrogens with one attached hydrogen (secondary N) is 1. The molecule has 0 saturated heterocycles. The van der Waals surface area contributed by atoms with E-state index >= 15 is 0 Å². The minimum absolute atomic E-state index is 0.300. The number of carbonyl (C=O) groups is 2. The number of aromatic nitrogens is 1. The number of hydrogen-bond acceptors (Lipinski definition) is 3. The van der Waals surface area contributed by atoms with Gasteiger partial charge in [0.1, 0.15) is 0 Å². The molecular formula is C18H18N2O2. The van der Waals surface area contributed by atoms with Crippen molar-refractivity contribution in [1.82, 2.24) is 10.3 Å². The van der Waals surface area contributed by atoms with Crippen LogP contribution in [0.1, 0.15) is 58.0 Å². The normalized spacial score (nSPS) is 16.7. The first-order chi connectivity index (χ1) is 10.8. The predicted octanol–water partition coefficient (Wildman–Crippen LogP) is 3.31. The van der Waals surface area contributed by atoms with Crippen molar-refractivity contribution in [3.05, 3.63) is 65.5 Å². The van der Waals surface area contributed by atoms with Crippen LogP contribution < -0.4 is 5.32 Å². The standard InChI is InChI=1S/C10H13N.C8H5NO2/c1-2-6-9(5-1)10-7-3-4-8-11-10;10-7-5-3-1-2-4-6(5)8(11)9-7/h3-4,7-9H,1-2,5-6H2;1-4H,(H,9,10,11). The van der Waals surface area contributed by atoms with Crippen LogP contribution in [0.3, 0.4) is 0 Å². The van der Waals surface area contributed by atoms with Crippen molar-refractivity contribution in [3.63, 3.8) is 0 Å². The van der Waals surface area contributed by atoms with Gasteiger partial charge in [-0.3, -0.25) is 19.9 Å². The number of carbonyl (C=O) groups excluding carboxylic acids is 2. The van der Waals surface area contributed by atoms with E-state index in [4.69, 9.17) is 0 Å². The summed E-state index contributed by atoms with van der Waals surface area (Å²) in [4.78, 5) is 26.2. The first-order valence-corrected chi connectivity index (χ1v) is 7.61. The Kier molecular flexibility index (Phi) is 4.28. The van der Waals surface area contributed by atoms with Crippen molar-refractivity contribution in [2.45, 2.75) is 31.6 Å². The minimum Gasteiger partial charge on any atom is -0.288 e. The average molecular weight is 294 g/mol. The monoisotopic (exact) mass is 294 g/mol. The van der Waals surface area contributed by atoms with Crippen LogP contribution in [0.15, 0.2) is 48.7 Å². The van der Waals surface area contributed by atoms with Gasteiger partial charge in [-0.15, -0.1) is 0 Å². The molecule has 4 heteroatoms. The van der Waals surface area contributed by atoms with Crippen molar-refractivity contribution in [3.8, 4) is 0 Å². The van der Waals surface area contributed by atoms with E-state index in [1.165, 1.54) is 31.4 Å². The molecule has 2 aliphatic rings. The van der Waals surface area contributed by atoms with Crippen LogP contribution in [-0.4, -0.2) is 16.8 Å². The molecule has 0 spiro atoms.